The molecule has 5 heteroatoms. The van der Waals surface area contributed by atoms with Crippen LogP contribution < -0.4 is 5.73 Å². The Morgan fingerprint density at radius 1 is 1.44 bits per heavy atom. The summed E-state index contributed by atoms with van der Waals surface area (Å²) in [4.78, 5) is 4.20. The fraction of sp³-hybridized carbons (Fsp3) is 0.545. The fourth-order valence-corrected chi connectivity index (χ4v) is 2.49. The Morgan fingerprint density at radius 2 is 2.12 bits per heavy atom. The highest BCUT2D eigenvalue weighted by Gasteiger charge is 2.23. The zero-order chi connectivity index (χ0) is 10.7. The molecule has 1 atom stereocenters. The maximum absolute atomic E-state index is 6.24. The van der Waals surface area contributed by atoms with Gasteiger partial charge in [-0.25, -0.2) is 4.98 Å². The molecule has 0 saturated carbocycles. The molecule has 2 rings (SSSR count). The molecule has 1 saturated heterocycles. The molecule has 1 aromatic rings. The van der Waals surface area contributed by atoms with Crippen molar-refractivity contribution in [1.82, 2.24) is 4.98 Å². The molecule has 2 N–H and O–H groups in total. The molecule has 0 aliphatic carbocycles. The molecule has 1 fully saturated rings. The van der Waals surface area contributed by atoms with E-state index >= 15 is 0 Å². The van der Waals surface area contributed by atoms with Gasteiger partial charge in [0.05, 0.1) is 0 Å². The van der Waals surface area contributed by atoms with Crippen molar-refractivity contribution in [3.8, 4) is 0 Å². The zero-order valence-corrected chi connectivity index (χ0v) is 11.3. The van der Waals surface area contributed by atoms with Crippen LogP contribution in [0.1, 0.15) is 24.4 Å². The Balaban J connectivity index is 0.00000128. The van der Waals surface area contributed by atoms with Crippen LogP contribution in [0.4, 0.5) is 0 Å². The number of aromatic nitrogens is 1. The molecule has 0 aromatic carbocycles. The third-order valence-corrected chi connectivity index (χ3v) is 3.58. The van der Waals surface area contributed by atoms with Crippen LogP contribution in [-0.4, -0.2) is 18.2 Å². The van der Waals surface area contributed by atoms with Gasteiger partial charge in [0.25, 0.3) is 0 Å². The van der Waals surface area contributed by atoms with Crippen LogP contribution in [-0.2, 0) is 4.74 Å². The van der Waals surface area contributed by atoms with Crippen LogP contribution in [0, 0.1) is 5.92 Å². The minimum Gasteiger partial charge on any atom is -0.381 e. The maximum atomic E-state index is 6.24. The highest BCUT2D eigenvalue weighted by Crippen LogP contribution is 2.30. The summed E-state index contributed by atoms with van der Waals surface area (Å²) in [6, 6.07) is 4.04. The molecule has 3 nitrogen and oxygen atoms in total. The Labute approximate surface area is 110 Å². The molecule has 16 heavy (non-hydrogen) atoms. The number of nitrogens with two attached hydrogens (primary N) is 1. The first-order chi connectivity index (χ1) is 7.29. The highest BCUT2D eigenvalue weighted by molar-refractivity contribution is 9.10. The maximum Gasteiger partial charge on any atom is 0.110 e. The van der Waals surface area contributed by atoms with Gasteiger partial charge in [-0.3, -0.25) is 0 Å². The molecule has 90 valence electrons. The molecule has 0 spiro atoms. The van der Waals surface area contributed by atoms with Crippen molar-refractivity contribution in [2.45, 2.75) is 18.9 Å². The van der Waals surface area contributed by atoms with E-state index in [9.17, 15) is 0 Å². The van der Waals surface area contributed by atoms with E-state index in [-0.39, 0.29) is 18.4 Å². The van der Waals surface area contributed by atoms with Crippen LogP contribution in [0.5, 0.6) is 0 Å². The smallest absolute Gasteiger partial charge is 0.110 e. The molecule has 0 amide bonds. The number of rotatable bonds is 2. The number of halogens is 2. The first-order valence-electron chi connectivity index (χ1n) is 5.23. The summed E-state index contributed by atoms with van der Waals surface area (Å²) in [5.41, 5.74) is 7.35. The Bertz CT molecular complexity index is 332. The van der Waals surface area contributed by atoms with Crippen LogP contribution in [0.3, 0.4) is 0 Å². The third-order valence-electron chi connectivity index (χ3n) is 2.92. The van der Waals surface area contributed by atoms with E-state index in [4.69, 9.17) is 10.5 Å². The van der Waals surface area contributed by atoms with Crippen molar-refractivity contribution < 1.29 is 4.74 Å². The number of nitrogens with zero attached hydrogens (tertiary/aromatic N) is 1. The predicted octanol–water partition coefficient (Wildman–Crippen LogP) is 2.69. The second kappa shape index (κ2) is 6.55. The van der Waals surface area contributed by atoms with Gasteiger partial charge in [-0.1, -0.05) is 6.07 Å². The largest absolute Gasteiger partial charge is 0.381 e. The van der Waals surface area contributed by atoms with Crippen molar-refractivity contribution in [2.75, 3.05) is 13.2 Å². The Kier molecular flexibility index (Phi) is 5.69. The van der Waals surface area contributed by atoms with Crippen molar-refractivity contribution in [3.63, 3.8) is 0 Å². The molecular weight excluding hydrogens is 291 g/mol. The quantitative estimate of drug-likeness (QED) is 0.855. The highest BCUT2D eigenvalue weighted by atomic mass is 79.9. The van der Waals surface area contributed by atoms with E-state index in [1.807, 2.05) is 12.1 Å². The Hall–Kier alpha value is -0.160. The van der Waals surface area contributed by atoms with Gasteiger partial charge in [-0.2, -0.15) is 0 Å². The van der Waals surface area contributed by atoms with Gasteiger partial charge in [-0.15, -0.1) is 12.4 Å². The van der Waals surface area contributed by atoms with Gasteiger partial charge >= 0.3 is 0 Å². The lowest BCUT2D eigenvalue weighted by Gasteiger charge is -2.28. The number of hydrogen-bond donors (Lipinski definition) is 1. The second-order valence-corrected chi connectivity index (χ2v) is 4.61. The molecule has 1 aliphatic rings. The third kappa shape index (κ3) is 3.17. The van der Waals surface area contributed by atoms with E-state index in [0.29, 0.717) is 5.92 Å². The van der Waals surface area contributed by atoms with E-state index in [1.54, 1.807) is 6.20 Å². The molecule has 0 radical (unpaired) electrons. The van der Waals surface area contributed by atoms with Gasteiger partial charge < -0.3 is 10.5 Å². The molecule has 2 heterocycles. The Morgan fingerprint density at radius 3 is 2.75 bits per heavy atom. The van der Waals surface area contributed by atoms with Crippen LogP contribution in [0.25, 0.3) is 0 Å². The van der Waals surface area contributed by atoms with Gasteiger partial charge in [0, 0.05) is 31.0 Å². The van der Waals surface area contributed by atoms with E-state index in [1.165, 1.54) is 0 Å². The standard InChI is InChI=1S/C11H15BrN2O.ClH/c12-11-9(2-1-5-14-11)10(13)8-3-6-15-7-4-8;/h1-2,5,8,10H,3-4,6-7,13H2;1H/t10-;/m1./s1. The van der Waals surface area contributed by atoms with Gasteiger partial charge in [-0.05, 0) is 40.8 Å². The van der Waals surface area contributed by atoms with Crippen molar-refractivity contribution >= 4 is 28.3 Å². The first-order valence-corrected chi connectivity index (χ1v) is 6.02. The molecule has 0 bridgehead atoms. The summed E-state index contributed by atoms with van der Waals surface area (Å²) in [6.45, 7) is 1.66. The van der Waals surface area contributed by atoms with Gasteiger partial charge in [0.15, 0.2) is 0 Å². The average Bonchev–Trinajstić information content (AvgIpc) is 2.30. The minimum absolute atomic E-state index is 0. The van der Waals surface area contributed by atoms with Crippen molar-refractivity contribution in [1.29, 1.82) is 0 Å². The lowest BCUT2D eigenvalue weighted by atomic mass is 9.88. The summed E-state index contributed by atoms with van der Waals surface area (Å²) in [6.07, 6.45) is 3.86. The second-order valence-electron chi connectivity index (χ2n) is 3.86. The summed E-state index contributed by atoms with van der Waals surface area (Å²) >= 11 is 3.44. The fourth-order valence-electron chi connectivity index (χ4n) is 1.98. The van der Waals surface area contributed by atoms with Crippen molar-refractivity contribution in [3.05, 3.63) is 28.5 Å². The van der Waals surface area contributed by atoms with Crippen LogP contribution >= 0.6 is 28.3 Å². The van der Waals surface area contributed by atoms with Gasteiger partial charge in [0.2, 0.25) is 0 Å². The topological polar surface area (TPSA) is 48.1 Å². The first kappa shape index (κ1) is 13.9. The van der Waals surface area contributed by atoms with Crippen LogP contribution in [0.2, 0.25) is 0 Å². The van der Waals surface area contributed by atoms with E-state index < -0.39 is 0 Å². The molecular formula is C11H16BrClN2O. The summed E-state index contributed by atoms with van der Waals surface area (Å²) in [7, 11) is 0. The summed E-state index contributed by atoms with van der Waals surface area (Å²) < 4.78 is 6.20. The predicted molar refractivity (Wildman–Crippen MR) is 69.7 cm³/mol. The minimum atomic E-state index is 0. The molecule has 1 aromatic heterocycles. The van der Waals surface area contributed by atoms with E-state index in [2.05, 4.69) is 20.9 Å². The normalized spacial score (nSPS) is 18.9. The SMILES string of the molecule is Cl.N[C@@H](c1cccnc1Br)C1CCOCC1. The van der Waals surface area contributed by atoms with Gasteiger partial charge in [0.1, 0.15) is 4.60 Å². The number of pyridine rings is 1. The number of hydrogen-bond acceptors (Lipinski definition) is 3. The lowest BCUT2D eigenvalue weighted by Crippen LogP contribution is -2.27. The zero-order valence-electron chi connectivity index (χ0n) is 8.93. The van der Waals surface area contributed by atoms with E-state index in [0.717, 1.165) is 36.2 Å². The summed E-state index contributed by atoms with van der Waals surface area (Å²) in [5.74, 6) is 0.513. The molecule has 0 unspecified atom stereocenters. The lowest BCUT2D eigenvalue weighted by molar-refractivity contribution is 0.0582. The average molecular weight is 308 g/mol. The molecule has 1 aliphatic heterocycles. The van der Waals surface area contributed by atoms with Crippen LogP contribution in [0.15, 0.2) is 22.9 Å². The van der Waals surface area contributed by atoms with Crippen molar-refractivity contribution in [2.24, 2.45) is 11.7 Å². The number of ether oxygens (including phenoxy) is 1. The summed E-state index contributed by atoms with van der Waals surface area (Å²) in [5, 5.41) is 0. The monoisotopic (exact) mass is 306 g/mol.